The molecule has 30 heavy (non-hydrogen) atoms. The largest absolute Gasteiger partial charge is 0.326 e. The van der Waals surface area contributed by atoms with Gasteiger partial charge in [0.15, 0.2) is 0 Å². The fourth-order valence-corrected chi connectivity index (χ4v) is 5.58. The predicted molar refractivity (Wildman–Crippen MR) is 111 cm³/mol. The Labute approximate surface area is 175 Å². The first-order chi connectivity index (χ1) is 14.5. The van der Waals surface area contributed by atoms with Crippen LogP contribution in [-0.2, 0) is 26.5 Å². The van der Waals surface area contributed by atoms with Crippen LogP contribution in [0.1, 0.15) is 18.1 Å². The van der Waals surface area contributed by atoms with Crippen LogP contribution in [0.25, 0.3) is 0 Å². The number of hydrogen-bond acceptors (Lipinski definition) is 3. The van der Waals surface area contributed by atoms with Gasteiger partial charge in [-0.25, -0.2) is 0 Å². The number of anilines is 1. The number of quaternary nitrogens is 1. The van der Waals surface area contributed by atoms with Crippen LogP contribution in [0.2, 0.25) is 0 Å². The van der Waals surface area contributed by atoms with Crippen molar-refractivity contribution in [3.05, 3.63) is 78.4 Å². The number of rotatable bonds is 4. The van der Waals surface area contributed by atoms with Gasteiger partial charge in [-0.05, 0) is 18.6 Å². The zero-order valence-corrected chi connectivity index (χ0v) is 16.8. The lowest BCUT2D eigenvalue weighted by atomic mass is 9.76. The van der Waals surface area contributed by atoms with E-state index in [-0.39, 0.29) is 30.3 Å². The van der Waals surface area contributed by atoms with Crippen molar-refractivity contribution >= 4 is 23.4 Å². The molecule has 3 aliphatic rings. The maximum Gasteiger partial charge on any atom is 0.294 e. The summed E-state index contributed by atoms with van der Waals surface area (Å²) < 4.78 is 0. The second-order valence-electron chi connectivity index (χ2n) is 8.37. The van der Waals surface area contributed by atoms with E-state index in [0.29, 0.717) is 6.54 Å². The SMILES string of the molecule is C=CCN1C(=O)[C@]2([NH2+][C@H](C)[C@@H]3C(=O)N(Cc4ccccc4)C(=O)[C@H]32)c2ccccc21. The van der Waals surface area contributed by atoms with Gasteiger partial charge >= 0.3 is 0 Å². The first-order valence-corrected chi connectivity index (χ1v) is 10.3. The Morgan fingerprint density at radius 1 is 1.00 bits per heavy atom. The zero-order valence-electron chi connectivity index (χ0n) is 16.8. The topological polar surface area (TPSA) is 74.3 Å². The molecule has 3 aliphatic heterocycles. The van der Waals surface area contributed by atoms with Crippen molar-refractivity contribution in [1.82, 2.24) is 4.90 Å². The van der Waals surface area contributed by atoms with Crippen LogP contribution in [0.4, 0.5) is 5.69 Å². The Bertz CT molecular complexity index is 1070. The molecule has 6 heteroatoms. The maximum atomic E-state index is 13.7. The summed E-state index contributed by atoms with van der Waals surface area (Å²) in [5.41, 5.74) is 1.42. The van der Waals surface area contributed by atoms with Crippen molar-refractivity contribution in [3.63, 3.8) is 0 Å². The van der Waals surface area contributed by atoms with Gasteiger partial charge in [-0.1, -0.05) is 54.6 Å². The molecule has 2 fully saturated rings. The van der Waals surface area contributed by atoms with Crippen LogP contribution < -0.4 is 10.2 Å². The van der Waals surface area contributed by atoms with Crippen molar-refractivity contribution < 1.29 is 19.7 Å². The number of para-hydroxylation sites is 1. The van der Waals surface area contributed by atoms with E-state index >= 15 is 0 Å². The number of hydrogen-bond donors (Lipinski definition) is 1. The highest BCUT2D eigenvalue weighted by Crippen LogP contribution is 2.50. The minimum absolute atomic E-state index is 0.134. The maximum absolute atomic E-state index is 13.7. The van der Waals surface area contributed by atoms with Gasteiger partial charge in [-0.2, -0.15) is 0 Å². The molecule has 2 aromatic carbocycles. The molecule has 0 saturated carbocycles. The van der Waals surface area contributed by atoms with Crippen molar-refractivity contribution in [2.24, 2.45) is 11.8 Å². The number of nitrogens with two attached hydrogens (primary N) is 1. The summed E-state index contributed by atoms with van der Waals surface area (Å²) in [5.74, 6) is -1.78. The highest BCUT2D eigenvalue weighted by molar-refractivity contribution is 6.14. The Balaban J connectivity index is 1.60. The van der Waals surface area contributed by atoms with E-state index < -0.39 is 17.4 Å². The standard InChI is InChI=1S/C24H23N3O3/c1-3-13-26-18-12-8-7-11-17(18)24(23(26)30)20-19(15(2)25-24)21(28)27(22(20)29)14-16-9-5-4-6-10-16/h3-12,15,19-20,25H,1,13-14H2,2H3/p+1/t15-,19+,20+,24+/m1/s1. The summed E-state index contributed by atoms with van der Waals surface area (Å²) in [7, 11) is 0. The molecule has 2 saturated heterocycles. The molecule has 3 amide bonds. The van der Waals surface area contributed by atoms with Crippen LogP contribution in [0.3, 0.4) is 0 Å². The summed E-state index contributed by atoms with van der Waals surface area (Å²) in [6.45, 7) is 6.33. The first-order valence-electron chi connectivity index (χ1n) is 10.3. The Morgan fingerprint density at radius 3 is 2.43 bits per heavy atom. The van der Waals surface area contributed by atoms with Crippen LogP contribution in [0, 0.1) is 11.8 Å². The van der Waals surface area contributed by atoms with Gasteiger partial charge in [0, 0.05) is 12.1 Å². The molecule has 0 bridgehead atoms. The molecule has 2 N–H and O–H groups in total. The third kappa shape index (κ3) is 2.31. The number of fused-ring (bicyclic) bond motifs is 4. The number of carbonyl (C=O) groups is 3. The lowest BCUT2D eigenvalue weighted by Gasteiger charge is -2.27. The summed E-state index contributed by atoms with van der Waals surface area (Å²) in [6.07, 6.45) is 1.69. The molecule has 0 aromatic heterocycles. The minimum Gasteiger partial charge on any atom is -0.326 e. The van der Waals surface area contributed by atoms with Crippen LogP contribution >= 0.6 is 0 Å². The molecule has 3 heterocycles. The van der Waals surface area contributed by atoms with Gasteiger partial charge < -0.3 is 10.2 Å². The van der Waals surface area contributed by atoms with E-state index in [9.17, 15) is 14.4 Å². The molecule has 0 radical (unpaired) electrons. The minimum atomic E-state index is -1.10. The number of nitrogens with zero attached hydrogens (tertiary/aromatic N) is 2. The van der Waals surface area contributed by atoms with Crippen molar-refractivity contribution in [2.75, 3.05) is 11.4 Å². The first kappa shape index (κ1) is 18.8. The summed E-state index contributed by atoms with van der Waals surface area (Å²) >= 11 is 0. The lowest BCUT2D eigenvalue weighted by Crippen LogP contribution is -2.98. The average Bonchev–Trinajstić information content (AvgIpc) is 3.29. The predicted octanol–water partition coefficient (Wildman–Crippen LogP) is 1.18. The van der Waals surface area contributed by atoms with Crippen LogP contribution in [-0.4, -0.2) is 35.2 Å². The molecule has 6 nitrogen and oxygen atoms in total. The zero-order chi connectivity index (χ0) is 21.0. The molecule has 152 valence electrons. The normalized spacial score (nSPS) is 29.6. The smallest absolute Gasteiger partial charge is 0.294 e. The molecule has 1 spiro atoms. The second-order valence-corrected chi connectivity index (χ2v) is 8.37. The third-order valence-corrected chi connectivity index (χ3v) is 6.76. The van der Waals surface area contributed by atoms with Gasteiger partial charge in [-0.3, -0.25) is 19.3 Å². The lowest BCUT2D eigenvalue weighted by molar-refractivity contribution is -0.730. The fourth-order valence-electron chi connectivity index (χ4n) is 5.58. The average molecular weight is 402 g/mol. The van der Waals surface area contributed by atoms with E-state index in [1.54, 1.807) is 11.0 Å². The molecular weight excluding hydrogens is 378 g/mol. The number of carbonyl (C=O) groups excluding carboxylic acids is 3. The van der Waals surface area contributed by atoms with Gasteiger partial charge in [0.05, 0.1) is 18.3 Å². The number of likely N-dealkylation sites (tertiary alicyclic amines) is 1. The Morgan fingerprint density at radius 2 is 1.70 bits per heavy atom. The van der Waals surface area contributed by atoms with E-state index in [1.807, 2.05) is 66.8 Å². The molecule has 4 atom stereocenters. The number of imide groups is 1. The van der Waals surface area contributed by atoms with Gasteiger partial charge in [0.2, 0.25) is 17.4 Å². The monoisotopic (exact) mass is 402 g/mol. The van der Waals surface area contributed by atoms with E-state index in [0.717, 1.165) is 16.8 Å². The van der Waals surface area contributed by atoms with Gasteiger partial charge in [0.1, 0.15) is 11.8 Å². The third-order valence-electron chi connectivity index (χ3n) is 6.76. The Kier molecular flexibility index (Phi) is 4.15. The van der Waals surface area contributed by atoms with Gasteiger partial charge in [-0.15, -0.1) is 6.58 Å². The van der Waals surface area contributed by atoms with E-state index in [1.165, 1.54) is 4.90 Å². The molecule has 5 rings (SSSR count). The molecule has 2 aromatic rings. The quantitative estimate of drug-likeness (QED) is 0.617. The van der Waals surface area contributed by atoms with E-state index in [4.69, 9.17) is 0 Å². The van der Waals surface area contributed by atoms with Gasteiger partial charge in [0.25, 0.3) is 5.91 Å². The van der Waals surface area contributed by atoms with Crippen LogP contribution in [0.5, 0.6) is 0 Å². The summed E-state index contributed by atoms with van der Waals surface area (Å²) in [5, 5.41) is 1.95. The van der Waals surface area contributed by atoms with Crippen LogP contribution in [0.15, 0.2) is 67.3 Å². The molecule has 0 unspecified atom stereocenters. The molecular formula is C24H24N3O3+. The second kappa shape index (κ2) is 6.64. The van der Waals surface area contributed by atoms with E-state index in [2.05, 4.69) is 6.58 Å². The highest BCUT2D eigenvalue weighted by atomic mass is 16.2. The van der Waals surface area contributed by atoms with Crippen molar-refractivity contribution in [2.45, 2.75) is 25.0 Å². The number of benzene rings is 2. The molecule has 0 aliphatic carbocycles. The summed E-state index contributed by atoms with van der Waals surface area (Å²) in [6, 6.07) is 16.9. The number of amides is 3. The fraction of sp³-hybridized carbons (Fsp3) is 0.292. The highest BCUT2D eigenvalue weighted by Gasteiger charge is 2.74. The van der Waals surface area contributed by atoms with Crippen molar-refractivity contribution in [3.8, 4) is 0 Å². The summed E-state index contributed by atoms with van der Waals surface area (Å²) in [4.78, 5) is 43.7. The van der Waals surface area contributed by atoms with Crippen molar-refractivity contribution in [1.29, 1.82) is 0 Å². The Hall–Kier alpha value is -3.25.